The topological polar surface area (TPSA) is 72.5 Å². The van der Waals surface area contributed by atoms with Gasteiger partial charge in [-0.25, -0.2) is 13.6 Å². The lowest BCUT2D eigenvalue weighted by Crippen LogP contribution is -2.42. The van der Waals surface area contributed by atoms with E-state index in [0.29, 0.717) is 4.90 Å². The highest BCUT2D eigenvalue weighted by Gasteiger charge is 2.23. The SMILES string of the molecule is COC(=O)[C@H](CC[S@](=O)c1ccccc1)NC(=O)c1ccc(F)c(F)c1. The molecule has 0 saturated heterocycles. The van der Waals surface area contributed by atoms with Crippen LogP contribution in [0.3, 0.4) is 0 Å². The largest absolute Gasteiger partial charge is 0.467 e. The second-order valence-corrected chi connectivity index (χ2v) is 6.90. The van der Waals surface area contributed by atoms with E-state index in [2.05, 4.69) is 10.1 Å². The van der Waals surface area contributed by atoms with Gasteiger partial charge in [-0.15, -0.1) is 0 Å². The Balaban J connectivity index is 2.05. The van der Waals surface area contributed by atoms with Crippen LogP contribution < -0.4 is 5.32 Å². The molecular weight excluding hydrogens is 364 g/mol. The fourth-order valence-corrected chi connectivity index (χ4v) is 3.33. The molecule has 0 saturated carbocycles. The van der Waals surface area contributed by atoms with Gasteiger partial charge in [0.05, 0.1) is 17.9 Å². The van der Waals surface area contributed by atoms with Gasteiger partial charge in [0.1, 0.15) is 6.04 Å². The quantitative estimate of drug-likeness (QED) is 0.748. The van der Waals surface area contributed by atoms with Crippen LogP contribution in [0, 0.1) is 11.6 Å². The molecule has 0 spiro atoms. The van der Waals surface area contributed by atoms with Gasteiger partial charge in [-0.3, -0.25) is 9.00 Å². The smallest absolute Gasteiger partial charge is 0.328 e. The number of carbonyl (C=O) groups is 2. The van der Waals surface area contributed by atoms with Crippen LogP contribution >= 0.6 is 0 Å². The van der Waals surface area contributed by atoms with Gasteiger partial charge in [0.25, 0.3) is 5.91 Å². The Labute approximate surface area is 151 Å². The standard InChI is InChI=1S/C18H17F2NO4S/c1-25-18(23)16(9-10-26(24)13-5-3-2-4-6-13)21-17(22)12-7-8-14(19)15(20)11-12/h2-8,11,16H,9-10H2,1H3,(H,21,22)/t16-,26-/m0/s1. The zero-order valence-electron chi connectivity index (χ0n) is 13.9. The van der Waals surface area contributed by atoms with Crippen LogP contribution in [0.2, 0.25) is 0 Å². The highest BCUT2D eigenvalue weighted by molar-refractivity contribution is 7.85. The second kappa shape index (κ2) is 9.19. The van der Waals surface area contributed by atoms with Crippen LogP contribution in [-0.2, 0) is 20.3 Å². The number of carbonyl (C=O) groups excluding carboxylic acids is 2. The van der Waals surface area contributed by atoms with Crippen molar-refractivity contribution in [3.63, 3.8) is 0 Å². The number of hydrogen-bond donors (Lipinski definition) is 1. The van der Waals surface area contributed by atoms with Crippen molar-refractivity contribution in [2.45, 2.75) is 17.4 Å². The van der Waals surface area contributed by atoms with Crippen molar-refractivity contribution in [2.24, 2.45) is 0 Å². The molecular formula is C18H17F2NO4S. The van der Waals surface area contributed by atoms with Crippen molar-refractivity contribution in [3.05, 3.63) is 65.7 Å². The summed E-state index contributed by atoms with van der Waals surface area (Å²) < 4.78 is 43.1. The minimum absolute atomic E-state index is 0.0591. The first kappa shape index (κ1) is 19.7. The average Bonchev–Trinajstić information content (AvgIpc) is 2.66. The molecule has 0 aliphatic carbocycles. The first-order valence-electron chi connectivity index (χ1n) is 7.69. The molecule has 0 aliphatic heterocycles. The average molecular weight is 381 g/mol. The Bertz CT molecular complexity index is 814. The molecule has 1 amide bonds. The summed E-state index contributed by atoms with van der Waals surface area (Å²) in [6.07, 6.45) is 0.0591. The number of rotatable bonds is 7. The van der Waals surface area contributed by atoms with E-state index >= 15 is 0 Å². The van der Waals surface area contributed by atoms with E-state index in [-0.39, 0.29) is 17.7 Å². The van der Waals surface area contributed by atoms with Crippen molar-refractivity contribution < 1.29 is 27.3 Å². The highest BCUT2D eigenvalue weighted by Crippen LogP contribution is 2.11. The molecule has 0 radical (unpaired) electrons. The first-order chi connectivity index (χ1) is 12.4. The summed E-state index contributed by atoms with van der Waals surface area (Å²) in [6, 6.07) is 10.3. The number of ether oxygens (including phenoxy) is 1. The summed E-state index contributed by atoms with van der Waals surface area (Å²) in [6.45, 7) is 0. The molecule has 0 bridgehead atoms. The van der Waals surface area contributed by atoms with E-state index in [1.165, 1.54) is 0 Å². The molecule has 2 aromatic rings. The maximum atomic E-state index is 13.3. The predicted molar refractivity (Wildman–Crippen MR) is 92.0 cm³/mol. The van der Waals surface area contributed by atoms with Crippen LogP contribution in [0.4, 0.5) is 8.78 Å². The van der Waals surface area contributed by atoms with E-state index < -0.39 is 40.4 Å². The van der Waals surface area contributed by atoms with Gasteiger partial charge in [-0.2, -0.15) is 0 Å². The number of hydrogen-bond acceptors (Lipinski definition) is 4. The van der Waals surface area contributed by atoms with E-state index in [1.54, 1.807) is 30.3 Å². The van der Waals surface area contributed by atoms with Gasteiger partial charge in [0, 0.05) is 16.2 Å². The van der Waals surface area contributed by atoms with Crippen molar-refractivity contribution in [1.82, 2.24) is 5.32 Å². The number of methoxy groups -OCH3 is 1. The van der Waals surface area contributed by atoms with Gasteiger partial charge >= 0.3 is 5.97 Å². The van der Waals surface area contributed by atoms with Crippen LogP contribution in [0.15, 0.2) is 53.4 Å². The molecule has 1 N–H and O–H groups in total. The zero-order chi connectivity index (χ0) is 19.1. The highest BCUT2D eigenvalue weighted by atomic mass is 32.2. The number of amides is 1. The predicted octanol–water partition coefficient (Wildman–Crippen LogP) is 2.43. The van der Waals surface area contributed by atoms with Gasteiger partial charge in [0.15, 0.2) is 11.6 Å². The Morgan fingerprint density at radius 2 is 1.81 bits per heavy atom. The third kappa shape index (κ3) is 5.19. The minimum Gasteiger partial charge on any atom is -0.467 e. The fourth-order valence-electron chi connectivity index (χ4n) is 2.19. The molecule has 138 valence electrons. The summed E-state index contributed by atoms with van der Waals surface area (Å²) in [5.41, 5.74) is -0.137. The molecule has 2 rings (SSSR count). The molecule has 8 heteroatoms. The van der Waals surface area contributed by atoms with Crippen molar-refractivity contribution in [2.75, 3.05) is 12.9 Å². The Morgan fingerprint density at radius 3 is 2.42 bits per heavy atom. The minimum atomic E-state index is -1.36. The monoisotopic (exact) mass is 381 g/mol. The Morgan fingerprint density at radius 1 is 1.12 bits per heavy atom. The van der Waals surface area contributed by atoms with Gasteiger partial charge in [0.2, 0.25) is 0 Å². The lowest BCUT2D eigenvalue weighted by atomic mass is 10.1. The zero-order valence-corrected chi connectivity index (χ0v) is 14.7. The molecule has 0 fully saturated rings. The van der Waals surface area contributed by atoms with Crippen LogP contribution in [0.1, 0.15) is 16.8 Å². The van der Waals surface area contributed by atoms with Gasteiger partial charge in [-0.1, -0.05) is 18.2 Å². The van der Waals surface area contributed by atoms with Crippen molar-refractivity contribution in [3.8, 4) is 0 Å². The molecule has 0 aromatic heterocycles. The molecule has 0 unspecified atom stereocenters. The fraction of sp³-hybridized carbons (Fsp3) is 0.222. The molecule has 26 heavy (non-hydrogen) atoms. The lowest BCUT2D eigenvalue weighted by Gasteiger charge is -2.16. The van der Waals surface area contributed by atoms with E-state index in [9.17, 15) is 22.6 Å². The third-order valence-electron chi connectivity index (χ3n) is 3.57. The van der Waals surface area contributed by atoms with Crippen LogP contribution in [-0.4, -0.2) is 35.0 Å². The Kier molecular flexibility index (Phi) is 6.97. The van der Waals surface area contributed by atoms with E-state index in [0.717, 1.165) is 25.3 Å². The number of nitrogens with one attached hydrogen (secondary N) is 1. The van der Waals surface area contributed by atoms with Crippen LogP contribution in [0.25, 0.3) is 0 Å². The number of halogens is 2. The number of esters is 1. The Hall–Kier alpha value is -2.61. The summed E-state index contributed by atoms with van der Waals surface area (Å²) in [4.78, 5) is 24.6. The third-order valence-corrected chi connectivity index (χ3v) is 4.98. The van der Waals surface area contributed by atoms with Gasteiger partial charge in [-0.05, 0) is 36.8 Å². The second-order valence-electron chi connectivity index (χ2n) is 5.33. The maximum absolute atomic E-state index is 13.3. The molecule has 2 atom stereocenters. The van der Waals surface area contributed by atoms with Crippen molar-refractivity contribution in [1.29, 1.82) is 0 Å². The van der Waals surface area contributed by atoms with Crippen LogP contribution in [0.5, 0.6) is 0 Å². The van der Waals surface area contributed by atoms with E-state index in [1.807, 2.05) is 0 Å². The summed E-state index contributed by atoms with van der Waals surface area (Å²) in [5.74, 6) is -3.61. The molecule has 2 aromatic carbocycles. The van der Waals surface area contributed by atoms with Crippen molar-refractivity contribution >= 4 is 22.7 Å². The van der Waals surface area contributed by atoms with E-state index in [4.69, 9.17) is 0 Å². The maximum Gasteiger partial charge on any atom is 0.328 e. The number of benzene rings is 2. The lowest BCUT2D eigenvalue weighted by molar-refractivity contribution is -0.142. The summed E-state index contributed by atoms with van der Waals surface area (Å²) in [7, 11) is -0.197. The molecule has 5 nitrogen and oxygen atoms in total. The normalized spacial score (nSPS) is 12.9. The van der Waals surface area contributed by atoms with Gasteiger partial charge < -0.3 is 10.1 Å². The summed E-state index contributed by atoms with van der Waals surface area (Å²) in [5, 5.41) is 2.40. The summed E-state index contributed by atoms with van der Waals surface area (Å²) >= 11 is 0. The first-order valence-corrected chi connectivity index (χ1v) is 9.01. The molecule has 0 aliphatic rings. The molecule has 0 heterocycles.